The van der Waals surface area contributed by atoms with Crippen molar-refractivity contribution in [1.82, 2.24) is 10.3 Å². The quantitative estimate of drug-likeness (QED) is 0.788. The molecule has 136 valence electrons. The number of rotatable bonds is 6. The van der Waals surface area contributed by atoms with E-state index in [0.717, 1.165) is 25.2 Å². The fraction of sp³-hybridized carbons (Fsp3) is 0.778. The molecule has 0 aromatic carbocycles. The fourth-order valence-corrected chi connectivity index (χ4v) is 2.55. The topological polar surface area (TPSA) is 75.4 Å². The van der Waals surface area contributed by atoms with Crippen molar-refractivity contribution < 1.29 is 14.3 Å². The molecule has 1 unspecified atom stereocenters. The van der Waals surface area contributed by atoms with Crippen molar-refractivity contribution in [2.75, 3.05) is 0 Å². The molecule has 0 radical (unpaired) electrons. The van der Waals surface area contributed by atoms with Crippen LogP contribution in [0.5, 0.6) is 0 Å². The SMILES string of the molecule is C.CC.CCC(CC)CCC1CC[C@H](C(=O)O)N1.c1cocn1. The van der Waals surface area contributed by atoms with E-state index in [-0.39, 0.29) is 13.5 Å². The van der Waals surface area contributed by atoms with Crippen LogP contribution in [0.25, 0.3) is 0 Å². The van der Waals surface area contributed by atoms with Gasteiger partial charge >= 0.3 is 5.97 Å². The Morgan fingerprint density at radius 2 is 2.00 bits per heavy atom. The maximum Gasteiger partial charge on any atom is 0.320 e. The van der Waals surface area contributed by atoms with Crippen molar-refractivity contribution in [3.05, 3.63) is 18.9 Å². The molecule has 2 rings (SSSR count). The van der Waals surface area contributed by atoms with Gasteiger partial charge in [-0.2, -0.15) is 0 Å². The summed E-state index contributed by atoms with van der Waals surface area (Å²) in [4.78, 5) is 14.3. The molecule has 0 saturated carbocycles. The minimum Gasteiger partial charge on any atom is -0.480 e. The molecule has 1 aliphatic heterocycles. The maximum atomic E-state index is 10.7. The zero-order chi connectivity index (χ0) is 16.8. The van der Waals surface area contributed by atoms with Crippen molar-refractivity contribution in [1.29, 1.82) is 0 Å². The third-order valence-corrected chi connectivity index (χ3v) is 3.96. The van der Waals surface area contributed by atoms with Crippen LogP contribution < -0.4 is 5.32 Å². The summed E-state index contributed by atoms with van der Waals surface area (Å²) in [7, 11) is 0. The summed E-state index contributed by atoms with van der Waals surface area (Å²) in [5.74, 6) is 0.121. The van der Waals surface area contributed by atoms with Crippen LogP contribution in [0.1, 0.15) is 73.6 Å². The lowest BCUT2D eigenvalue weighted by atomic mass is 9.95. The minimum absolute atomic E-state index is 0. The molecule has 5 heteroatoms. The first kappa shape index (κ1) is 23.9. The van der Waals surface area contributed by atoms with Gasteiger partial charge in [-0.15, -0.1) is 0 Å². The Labute approximate surface area is 141 Å². The van der Waals surface area contributed by atoms with Gasteiger partial charge in [-0.25, -0.2) is 4.98 Å². The molecule has 1 saturated heterocycles. The van der Waals surface area contributed by atoms with E-state index >= 15 is 0 Å². The van der Waals surface area contributed by atoms with Gasteiger partial charge in [0.05, 0.1) is 6.20 Å². The smallest absolute Gasteiger partial charge is 0.320 e. The zero-order valence-electron chi connectivity index (χ0n) is 14.4. The lowest BCUT2D eigenvalue weighted by Crippen LogP contribution is -2.35. The number of aliphatic carboxylic acids is 1. The normalized spacial score (nSPS) is 19.0. The average Bonchev–Trinajstić information content (AvgIpc) is 3.25. The Hall–Kier alpha value is -1.36. The number of nitrogens with zero attached hydrogens (tertiary/aromatic N) is 1. The van der Waals surface area contributed by atoms with E-state index in [4.69, 9.17) is 5.11 Å². The molecule has 0 aliphatic carbocycles. The van der Waals surface area contributed by atoms with Crippen LogP contribution in [0.3, 0.4) is 0 Å². The number of hydrogen-bond donors (Lipinski definition) is 2. The minimum atomic E-state index is -0.694. The lowest BCUT2D eigenvalue weighted by molar-refractivity contribution is -0.139. The van der Waals surface area contributed by atoms with E-state index in [1.165, 1.54) is 31.9 Å². The molecule has 2 atom stereocenters. The highest BCUT2D eigenvalue weighted by molar-refractivity contribution is 5.73. The highest BCUT2D eigenvalue weighted by atomic mass is 16.4. The molecule has 0 bridgehead atoms. The monoisotopic (exact) mass is 328 g/mol. The second-order valence-corrected chi connectivity index (χ2v) is 5.27. The second-order valence-electron chi connectivity index (χ2n) is 5.27. The summed E-state index contributed by atoms with van der Waals surface area (Å²) in [6.07, 6.45) is 11.1. The molecule has 1 aromatic rings. The molecule has 23 heavy (non-hydrogen) atoms. The van der Waals surface area contributed by atoms with Gasteiger partial charge in [0.15, 0.2) is 6.39 Å². The molecule has 1 fully saturated rings. The molecule has 1 aromatic heterocycles. The standard InChI is InChI=1S/C12H23NO2.C3H3NO.C2H6.CH4/c1-3-9(4-2)5-6-10-7-8-11(13-10)12(14)15;1-2-5-3-4-1;1-2;/h9-11,13H,3-8H2,1-2H3,(H,14,15);1-3H;1-2H3;1H4/t10?,11-;;;/m1.../s1. The van der Waals surface area contributed by atoms with Crippen LogP contribution in [0.15, 0.2) is 23.3 Å². The van der Waals surface area contributed by atoms with Crippen molar-refractivity contribution in [2.45, 2.75) is 85.7 Å². The van der Waals surface area contributed by atoms with Crippen molar-refractivity contribution in [3.63, 3.8) is 0 Å². The number of carboxylic acids is 1. The molecule has 2 N–H and O–H groups in total. The van der Waals surface area contributed by atoms with Crippen LogP contribution in [0, 0.1) is 5.92 Å². The van der Waals surface area contributed by atoms with Gasteiger partial charge in [0, 0.05) is 6.04 Å². The number of hydrogen-bond acceptors (Lipinski definition) is 4. The van der Waals surface area contributed by atoms with E-state index in [1.54, 1.807) is 6.20 Å². The summed E-state index contributed by atoms with van der Waals surface area (Å²) in [5, 5.41) is 12.0. The molecular weight excluding hydrogens is 292 g/mol. The Bertz CT molecular complexity index is 334. The van der Waals surface area contributed by atoms with E-state index < -0.39 is 5.97 Å². The van der Waals surface area contributed by atoms with E-state index in [2.05, 4.69) is 28.6 Å². The van der Waals surface area contributed by atoms with Gasteiger partial charge in [-0.05, 0) is 31.6 Å². The first-order valence-electron chi connectivity index (χ1n) is 8.48. The number of carbonyl (C=O) groups is 1. The number of carboxylic acid groups (broad SMARTS) is 1. The van der Waals surface area contributed by atoms with Crippen molar-refractivity contribution in [2.24, 2.45) is 5.92 Å². The largest absolute Gasteiger partial charge is 0.480 e. The van der Waals surface area contributed by atoms with Crippen molar-refractivity contribution >= 4 is 5.97 Å². The highest BCUT2D eigenvalue weighted by Crippen LogP contribution is 2.21. The Morgan fingerprint density at radius 3 is 2.35 bits per heavy atom. The number of nitrogens with one attached hydrogen (secondary N) is 1. The molecule has 0 amide bonds. The van der Waals surface area contributed by atoms with E-state index in [9.17, 15) is 4.79 Å². The van der Waals surface area contributed by atoms with Gasteiger partial charge in [-0.3, -0.25) is 4.79 Å². The van der Waals surface area contributed by atoms with Crippen molar-refractivity contribution in [3.8, 4) is 0 Å². The third-order valence-electron chi connectivity index (χ3n) is 3.96. The van der Waals surface area contributed by atoms with Crippen LogP contribution in [-0.2, 0) is 4.79 Å². The summed E-state index contributed by atoms with van der Waals surface area (Å²) < 4.78 is 4.47. The van der Waals surface area contributed by atoms with Crippen LogP contribution in [0.2, 0.25) is 0 Å². The summed E-state index contributed by atoms with van der Waals surface area (Å²) in [5.41, 5.74) is 0. The highest BCUT2D eigenvalue weighted by Gasteiger charge is 2.28. The molecule has 1 aliphatic rings. The lowest BCUT2D eigenvalue weighted by Gasteiger charge is -2.16. The van der Waals surface area contributed by atoms with E-state index in [1.807, 2.05) is 13.8 Å². The van der Waals surface area contributed by atoms with Gasteiger partial charge < -0.3 is 14.8 Å². The van der Waals surface area contributed by atoms with Crippen LogP contribution >= 0.6 is 0 Å². The predicted molar refractivity (Wildman–Crippen MR) is 95.5 cm³/mol. The number of aromatic nitrogens is 1. The van der Waals surface area contributed by atoms with E-state index in [0.29, 0.717) is 6.04 Å². The maximum absolute atomic E-state index is 10.7. The van der Waals surface area contributed by atoms with Gasteiger partial charge in [0.1, 0.15) is 12.3 Å². The summed E-state index contributed by atoms with van der Waals surface area (Å²) in [6.45, 7) is 8.46. The molecule has 5 nitrogen and oxygen atoms in total. The Balaban J connectivity index is 0. The second kappa shape index (κ2) is 15.5. The molecule has 2 heterocycles. The van der Waals surface area contributed by atoms with Gasteiger partial charge in [0.25, 0.3) is 0 Å². The van der Waals surface area contributed by atoms with Crippen LogP contribution in [0.4, 0.5) is 0 Å². The first-order valence-corrected chi connectivity index (χ1v) is 8.48. The molecule has 0 spiro atoms. The molecular formula is C18H36N2O3. The summed E-state index contributed by atoms with van der Waals surface area (Å²) in [6, 6.07) is 0.142. The Morgan fingerprint density at radius 1 is 1.35 bits per heavy atom. The average molecular weight is 328 g/mol. The fourth-order valence-electron chi connectivity index (χ4n) is 2.55. The predicted octanol–water partition coefficient (Wildman–Crippen LogP) is 4.74. The summed E-state index contributed by atoms with van der Waals surface area (Å²) >= 11 is 0. The van der Waals surface area contributed by atoms with Crippen LogP contribution in [-0.4, -0.2) is 28.1 Å². The number of oxazole rings is 1. The Kier molecular flexibility index (Phi) is 16.1. The van der Waals surface area contributed by atoms with Gasteiger partial charge in [0.2, 0.25) is 0 Å². The third kappa shape index (κ3) is 10.9. The van der Waals surface area contributed by atoms with Gasteiger partial charge in [-0.1, -0.05) is 48.0 Å². The zero-order valence-corrected chi connectivity index (χ0v) is 14.4. The first-order chi connectivity index (χ1) is 10.7.